The van der Waals surface area contributed by atoms with E-state index < -0.39 is 0 Å². The Bertz CT molecular complexity index is 648. The minimum Gasteiger partial charge on any atom is -0.497 e. The molecule has 1 aliphatic carbocycles. The summed E-state index contributed by atoms with van der Waals surface area (Å²) in [5.41, 5.74) is 6.82. The number of hydrogen-bond acceptors (Lipinski definition) is 2. The van der Waals surface area contributed by atoms with Crippen molar-refractivity contribution in [1.29, 1.82) is 0 Å². The minimum absolute atomic E-state index is 0.308. The van der Waals surface area contributed by atoms with E-state index in [0.717, 1.165) is 5.75 Å². The molecule has 0 saturated carbocycles. The molecule has 2 nitrogen and oxygen atoms in total. The van der Waals surface area contributed by atoms with Gasteiger partial charge in [-0.25, -0.2) is 0 Å². The summed E-state index contributed by atoms with van der Waals surface area (Å²) in [5.74, 6) is 0.906. The van der Waals surface area contributed by atoms with Gasteiger partial charge in [0.15, 0.2) is 0 Å². The van der Waals surface area contributed by atoms with Gasteiger partial charge in [-0.2, -0.15) is 0 Å². The van der Waals surface area contributed by atoms with Crippen LogP contribution in [0, 0.1) is 6.92 Å². The number of fused-ring (bicyclic) bond motifs is 1. The van der Waals surface area contributed by atoms with Crippen LogP contribution in [0.25, 0.3) is 0 Å². The number of hydrogen-bond donors (Lipinski definition) is 1. The summed E-state index contributed by atoms with van der Waals surface area (Å²) in [6.07, 6.45) is 3.78. The molecular weight excluding hydrogens is 258 g/mol. The highest BCUT2D eigenvalue weighted by atomic mass is 16.5. The van der Waals surface area contributed by atoms with E-state index in [1.54, 1.807) is 7.11 Å². The third-order valence-electron chi connectivity index (χ3n) is 4.43. The third-order valence-corrected chi connectivity index (χ3v) is 4.43. The largest absolute Gasteiger partial charge is 0.497 e. The van der Waals surface area contributed by atoms with Gasteiger partial charge >= 0.3 is 0 Å². The Labute approximate surface area is 127 Å². The van der Waals surface area contributed by atoms with Crippen molar-refractivity contribution in [3.05, 3.63) is 58.7 Å². The van der Waals surface area contributed by atoms with Crippen LogP contribution in [0.2, 0.25) is 0 Å². The maximum Gasteiger partial charge on any atom is 0.119 e. The van der Waals surface area contributed by atoms with E-state index in [1.807, 2.05) is 6.07 Å². The summed E-state index contributed by atoms with van der Waals surface area (Å²) in [4.78, 5) is 0. The van der Waals surface area contributed by atoms with Gasteiger partial charge in [0.2, 0.25) is 0 Å². The highest BCUT2D eigenvalue weighted by Crippen LogP contribution is 2.28. The molecule has 1 atom stereocenters. The topological polar surface area (TPSA) is 21.3 Å². The first-order valence-electron chi connectivity index (χ1n) is 7.70. The van der Waals surface area contributed by atoms with Crippen LogP contribution >= 0.6 is 0 Å². The van der Waals surface area contributed by atoms with E-state index in [0.29, 0.717) is 6.04 Å². The van der Waals surface area contributed by atoms with Crippen molar-refractivity contribution in [3.63, 3.8) is 0 Å². The molecule has 1 aliphatic rings. The summed E-state index contributed by atoms with van der Waals surface area (Å²) in [6, 6.07) is 13.4. The van der Waals surface area contributed by atoms with Gasteiger partial charge in [0.1, 0.15) is 5.75 Å². The molecule has 0 bridgehead atoms. The van der Waals surface area contributed by atoms with Crippen molar-refractivity contribution in [2.75, 3.05) is 12.4 Å². The molecule has 0 heterocycles. The van der Waals surface area contributed by atoms with Crippen molar-refractivity contribution in [1.82, 2.24) is 0 Å². The van der Waals surface area contributed by atoms with E-state index in [4.69, 9.17) is 4.74 Å². The van der Waals surface area contributed by atoms with Gasteiger partial charge < -0.3 is 10.1 Å². The Hall–Kier alpha value is -1.96. The summed E-state index contributed by atoms with van der Waals surface area (Å²) in [7, 11) is 1.70. The highest BCUT2D eigenvalue weighted by Gasteiger charge is 2.14. The molecule has 0 saturated heterocycles. The van der Waals surface area contributed by atoms with Crippen molar-refractivity contribution in [2.24, 2.45) is 0 Å². The smallest absolute Gasteiger partial charge is 0.119 e. The Morgan fingerprint density at radius 1 is 1.05 bits per heavy atom. The lowest BCUT2D eigenvalue weighted by Gasteiger charge is -2.19. The van der Waals surface area contributed by atoms with Crippen molar-refractivity contribution < 1.29 is 4.74 Å². The lowest BCUT2D eigenvalue weighted by Crippen LogP contribution is -2.08. The Balaban J connectivity index is 1.78. The predicted octanol–water partition coefficient (Wildman–Crippen LogP) is 4.67. The lowest BCUT2D eigenvalue weighted by atomic mass is 10.0. The van der Waals surface area contributed by atoms with Gasteiger partial charge in [-0.3, -0.25) is 0 Å². The first-order chi connectivity index (χ1) is 10.2. The molecule has 0 aromatic heterocycles. The molecule has 2 aromatic carbocycles. The Morgan fingerprint density at radius 3 is 2.62 bits per heavy atom. The van der Waals surface area contributed by atoms with Crippen molar-refractivity contribution >= 4 is 5.69 Å². The zero-order valence-corrected chi connectivity index (χ0v) is 13.1. The Kier molecular flexibility index (Phi) is 3.87. The Morgan fingerprint density at radius 2 is 1.86 bits per heavy atom. The predicted molar refractivity (Wildman–Crippen MR) is 88.2 cm³/mol. The minimum atomic E-state index is 0.308. The molecule has 110 valence electrons. The second-order valence-electron chi connectivity index (χ2n) is 5.93. The molecule has 0 fully saturated rings. The number of methoxy groups -OCH3 is 1. The van der Waals surface area contributed by atoms with Crippen LogP contribution in [0.5, 0.6) is 5.75 Å². The fourth-order valence-corrected chi connectivity index (χ4v) is 3.10. The van der Waals surface area contributed by atoms with Crippen LogP contribution in [0.15, 0.2) is 36.4 Å². The van der Waals surface area contributed by atoms with Crippen LogP contribution in [-0.2, 0) is 12.8 Å². The number of ether oxygens (including phenoxy) is 1. The second kappa shape index (κ2) is 5.80. The zero-order chi connectivity index (χ0) is 14.8. The van der Waals surface area contributed by atoms with Gasteiger partial charge in [-0.1, -0.05) is 18.2 Å². The maximum absolute atomic E-state index is 5.26. The van der Waals surface area contributed by atoms with Crippen LogP contribution in [0.3, 0.4) is 0 Å². The number of aryl methyl sites for hydroxylation is 3. The summed E-state index contributed by atoms with van der Waals surface area (Å²) < 4.78 is 5.26. The molecule has 0 spiro atoms. The summed E-state index contributed by atoms with van der Waals surface area (Å²) in [6.45, 7) is 4.33. The fourth-order valence-electron chi connectivity index (χ4n) is 3.10. The number of benzene rings is 2. The van der Waals surface area contributed by atoms with E-state index >= 15 is 0 Å². The van der Waals surface area contributed by atoms with Crippen LogP contribution < -0.4 is 10.1 Å². The first kappa shape index (κ1) is 14.0. The van der Waals surface area contributed by atoms with E-state index in [1.165, 1.54) is 47.2 Å². The summed E-state index contributed by atoms with van der Waals surface area (Å²) >= 11 is 0. The second-order valence-corrected chi connectivity index (χ2v) is 5.93. The van der Waals surface area contributed by atoms with Gasteiger partial charge in [0, 0.05) is 11.7 Å². The average Bonchev–Trinajstić information content (AvgIpc) is 2.96. The third kappa shape index (κ3) is 2.90. The zero-order valence-electron chi connectivity index (χ0n) is 13.1. The maximum atomic E-state index is 5.26. The SMILES string of the molecule is COc1ccc(NC(C)c2ccc3c(c2)CCC3)c(C)c1. The molecule has 1 N–H and O–H groups in total. The number of anilines is 1. The van der Waals surface area contributed by atoms with Crippen molar-refractivity contribution in [3.8, 4) is 5.75 Å². The van der Waals surface area contributed by atoms with Gasteiger partial charge in [-0.05, 0) is 73.6 Å². The normalized spacial score (nSPS) is 14.6. The van der Waals surface area contributed by atoms with Crippen molar-refractivity contribution in [2.45, 2.75) is 39.2 Å². The number of rotatable bonds is 4. The molecule has 3 rings (SSSR count). The van der Waals surface area contributed by atoms with Crippen LogP contribution in [0.4, 0.5) is 5.69 Å². The lowest BCUT2D eigenvalue weighted by molar-refractivity contribution is 0.414. The van der Waals surface area contributed by atoms with Crippen LogP contribution in [-0.4, -0.2) is 7.11 Å². The standard InChI is InChI=1S/C19H23NO/c1-13-11-18(21-3)9-10-19(13)20-14(2)16-8-7-15-5-4-6-17(15)12-16/h7-12,14,20H,4-6H2,1-3H3. The highest BCUT2D eigenvalue weighted by molar-refractivity contribution is 5.55. The molecule has 1 unspecified atom stereocenters. The average molecular weight is 281 g/mol. The van der Waals surface area contributed by atoms with Gasteiger partial charge in [-0.15, -0.1) is 0 Å². The first-order valence-corrected chi connectivity index (χ1v) is 7.70. The van der Waals surface area contributed by atoms with Gasteiger partial charge in [0.25, 0.3) is 0 Å². The number of nitrogens with one attached hydrogen (secondary N) is 1. The summed E-state index contributed by atoms with van der Waals surface area (Å²) in [5, 5.41) is 3.61. The van der Waals surface area contributed by atoms with Gasteiger partial charge in [0.05, 0.1) is 7.11 Å². The van der Waals surface area contributed by atoms with E-state index in [-0.39, 0.29) is 0 Å². The molecule has 0 aliphatic heterocycles. The van der Waals surface area contributed by atoms with E-state index in [9.17, 15) is 0 Å². The van der Waals surface area contributed by atoms with Crippen LogP contribution in [0.1, 0.15) is 41.6 Å². The monoisotopic (exact) mass is 281 g/mol. The molecule has 2 aromatic rings. The molecule has 21 heavy (non-hydrogen) atoms. The fraction of sp³-hybridized carbons (Fsp3) is 0.368. The molecule has 2 heteroatoms. The molecule has 0 amide bonds. The quantitative estimate of drug-likeness (QED) is 0.879. The van der Waals surface area contributed by atoms with E-state index in [2.05, 4.69) is 49.5 Å². The molecule has 0 radical (unpaired) electrons. The molecular formula is C19H23NO.